The van der Waals surface area contributed by atoms with Crippen LogP contribution in [0.2, 0.25) is 0 Å². The summed E-state index contributed by atoms with van der Waals surface area (Å²) in [4.78, 5) is 10.7. The van der Waals surface area contributed by atoms with Gasteiger partial charge in [-0.05, 0) is 6.07 Å². The lowest BCUT2D eigenvalue weighted by molar-refractivity contribution is -0.142. The van der Waals surface area contributed by atoms with E-state index >= 15 is 0 Å². The molecule has 6 N–H and O–H groups in total. The monoisotopic (exact) mass is 243 g/mol. The van der Waals surface area contributed by atoms with Gasteiger partial charge < -0.3 is 30.9 Å². The third-order valence-electron chi connectivity index (χ3n) is 2.30. The molecule has 0 aliphatic heterocycles. The minimum atomic E-state index is -1.41. The van der Waals surface area contributed by atoms with E-state index in [1.165, 1.54) is 7.11 Å². The first kappa shape index (κ1) is 13.1. The van der Waals surface area contributed by atoms with E-state index in [-0.39, 0.29) is 5.56 Å². The van der Waals surface area contributed by atoms with Crippen LogP contribution in [0.5, 0.6) is 17.2 Å². The Labute approximate surface area is 96.7 Å². The second kappa shape index (κ2) is 4.89. The van der Waals surface area contributed by atoms with E-state index < -0.39 is 35.4 Å². The molecular formula is C10H13NO6. The Balaban J connectivity index is 3.21. The molecule has 1 rings (SSSR count). The van der Waals surface area contributed by atoms with Gasteiger partial charge in [0.05, 0.1) is 0 Å². The average molecular weight is 243 g/mol. The van der Waals surface area contributed by atoms with Crippen LogP contribution in [-0.2, 0) is 9.53 Å². The summed E-state index contributed by atoms with van der Waals surface area (Å²) in [5.41, 5.74) is 5.36. The second-order valence-electron chi connectivity index (χ2n) is 3.42. The Kier molecular flexibility index (Phi) is 3.77. The minimum absolute atomic E-state index is 0.0160. The lowest BCUT2D eigenvalue weighted by Crippen LogP contribution is -2.37. The van der Waals surface area contributed by atoms with Crippen LogP contribution in [0.25, 0.3) is 0 Å². The topological polar surface area (TPSA) is 133 Å². The first-order valence-electron chi connectivity index (χ1n) is 4.64. The molecule has 0 aromatic heterocycles. The van der Waals surface area contributed by atoms with Crippen molar-refractivity contribution in [2.75, 3.05) is 7.11 Å². The van der Waals surface area contributed by atoms with Gasteiger partial charge in [0.1, 0.15) is 17.9 Å². The van der Waals surface area contributed by atoms with Crippen LogP contribution < -0.4 is 5.73 Å². The molecule has 2 unspecified atom stereocenters. The van der Waals surface area contributed by atoms with Crippen LogP contribution >= 0.6 is 0 Å². The zero-order valence-electron chi connectivity index (χ0n) is 8.99. The van der Waals surface area contributed by atoms with Gasteiger partial charge in [0.15, 0.2) is 11.5 Å². The zero-order valence-corrected chi connectivity index (χ0v) is 8.99. The maximum atomic E-state index is 10.7. The number of rotatable bonds is 4. The number of hydrogen-bond donors (Lipinski definition) is 5. The number of nitrogens with two attached hydrogens (primary N) is 1. The molecule has 0 spiro atoms. The Morgan fingerprint density at radius 1 is 1.24 bits per heavy atom. The molecule has 0 saturated heterocycles. The number of carboxylic acids is 1. The van der Waals surface area contributed by atoms with Crippen molar-refractivity contribution < 1.29 is 30.0 Å². The van der Waals surface area contributed by atoms with E-state index in [1.54, 1.807) is 0 Å². The number of benzene rings is 1. The SMILES string of the molecule is COC(c1cc(O)c(O)cc1O)C(N)C(=O)O. The van der Waals surface area contributed by atoms with Gasteiger partial charge in [-0.15, -0.1) is 0 Å². The van der Waals surface area contributed by atoms with Crippen LogP contribution in [0.3, 0.4) is 0 Å². The Hall–Kier alpha value is -1.99. The number of carbonyl (C=O) groups is 1. The largest absolute Gasteiger partial charge is 0.507 e. The first-order chi connectivity index (χ1) is 7.88. The predicted octanol–water partition coefficient (Wildman–Crippen LogP) is -0.0972. The van der Waals surface area contributed by atoms with Crippen molar-refractivity contribution in [1.29, 1.82) is 0 Å². The molecule has 1 aromatic rings. The van der Waals surface area contributed by atoms with Crippen LogP contribution in [0.4, 0.5) is 0 Å². The number of hydrogen-bond acceptors (Lipinski definition) is 6. The number of phenols is 3. The third-order valence-corrected chi connectivity index (χ3v) is 2.30. The molecule has 7 nitrogen and oxygen atoms in total. The summed E-state index contributed by atoms with van der Waals surface area (Å²) in [6.07, 6.45) is -1.14. The van der Waals surface area contributed by atoms with Gasteiger partial charge in [0.25, 0.3) is 0 Å². The predicted molar refractivity (Wildman–Crippen MR) is 56.8 cm³/mol. The summed E-state index contributed by atoms with van der Waals surface area (Å²) in [5.74, 6) is -2.75. The highest BCUT2D eigenvalue weighted by Crippen LogP contribution is 2.37. The fraction of sp³-hybridized carbons (Fsp3) is 0.300. The molecule has 17 heavy (non-hydrogen) atoms. The van der Waals surface area contributed by atoms with Crippen molar-refractivity contribution in [2.45, 2.75) is 12.1 Å². The van der Waals surface area contributed by atoms with Gasteiger partial charge in [0.2, 0.25) is 0 Å². The normalized spacial score (nSPS) is 14.2. The summed E-state index contributed by atoms with van der Waals surface area (Å²) in [7, 11) is 1.22. The number of carboxylic acid groups (broad SMARTS) is 1. The van der Waals surface area contributed by atoms with E-state index in [9.17, 15) is 15.0 Å². The molecule has 0 saturated carbocycles. The number of ether oxygens (including phenoxy) is 1. The molecule has 0 fully saturated rings. The number of aromatic hydroxyl groups is 3. The summed E-state index contributed by atoms with van der Waals surface area (Å²) >= 11 is 0. The number of methoxy groups -OCH3 is 1. The van der Waals surface area contributed by atoms with Crippen molar-refractivity contribution in [3.8, 4) is 17.2 Å². The second-order valence-corrected chi connectivity index (χ2v) is 3.42. The van der Waals surface area contributed by atoms with Crippen molar-refractivity contribution in [2.24, 2.45) is 5.73 Å². The minimum Gasteiger partial charge on any atom is -0.507 e. The molecule has 0 aliphatic carbocycles. The summed E-state index contributed by atoms with van der Waals surface area (Å²) in [6.45, 7) is 0. The fourth-order valence-corrected chi connectivity index (χ4v) is 1.41. The van der Waals surface area contributed by atoms with Gasteiger partial charge >= 0.3 is 5.97 Å². The third kappa shape index (κ3) is 2.58. The molecular weight excluding hydrogens is 230 g/mol. The van der Waals surface area contributed by atoms with E-state index in [0.717, 1.165) is 12.1 Å². The first-order valence-corrected chi connectivity index (χ1v) is 4.64. The number of aliphatic carboxylic acids is 1. The highest BCUT2D eigenvalue weighted by Gasteiger charge is 2.28. The van der Waals surface area contributed by atoms with Crippen molar-refractivity contribution in [3.63, 3.8) is 0 Å². The van der Waals surface area contributed by atoms with Gasteiger partial charge in [-0.2, -0.15) is 0 Å². The van der Waals surface area contributed by atoms with Crippen LogP contribution in [0, 0.1) is 0 Å². The Bertz CT molecular complexity index is 433. The Morgan fingerprint density at radius 3 is 2.24 bits per heavy atom. The quantitative estimate of drug-likeness (QED) is 0.368. The fourth-order valence-electron chi connectivity index (χ4n) is 1.41. The van der Waals surface area contributed by atoms with Gasteiger partial charge in [0, 0.05) is 18.7 Å². The molecule has 0 aliphatic rings. The molecule has 1 aromatic carbocycles. The Morgan fingerprint density at radius 2 is 1.76 bits per heavy atom. The molecule has 0 amide bonds. The van der Waals surface area contributed by atoms with Crippen molar-refractivity contribution >= 4 is 5.97 Å². The molecule has 0 radical (unpaired) electrons. The van der Waals surface area contributed by atoms with Gasteiger partial charge in [-0.1, -0.05) is 0 Å². The molecule has 94 valence electrons. The molecule has 2 atom stereocenters. The van der Waals surface area contributed by atoms with Crippen LogP contribution in [0.15, 0.2) is 12.1 Å². The van der Waals surface area contributed by atoms with Gasteiger partial charge in [-0.3, -0.25) is 4.79 Å². The van der Waals surface area contributed by atoms with E-state index in [2.05, 4.69) is 0 Å². The smallest absolute Gasteiger partial charge is 0.323 e. The van der Waals surface area contributed by atoms with Gasteiger partial charge in [-0.25, -0.2) is 0 Å². The van der Waals surface area contributed by atoms with Crippen LogP contribution in [-0.4, -0.2) is 39.5 Å². The van der Waals surface area contributed by atoms with E-state index in [4.69, 9.17) is 20.7 Å². The van der Waals surface area contributed by atoms with E-state index in [0.29, 0.717) is 0 Å². The summed E-state index contributed by atoms with van der Waals surface area (Å²) in [6, 6.07) is 0.474. The highest BCUT2D eigenvalue weighted by molar-refractivity contribution is 5.74. The summed E-state index contributed by atoms with van der Waals surface area (Å²) in [5, 5.41) is 36.7. The average Bonchev–Trinajstić information content (AvgIpc) is 2.25. The highest BCUT2D eigenvalue weighted by atomic mass is 16.5. The summed E-state index contributed by atoms with van der Waals surface area (Å²) < 4.78 is 4.88. The lowest BCUT2D eigenvalue weighted by atomic mass is 10.0. The molecule has 0 bridgehead atoms. The zero-order chi connectivity index (χ0) is 13.2. The van der Waals surface area contributed by atoms with E-state index in [1.807, 2.05) is 0 Å². The lowest BCUT2D eigenvalue weighted by Gasteiger charge is -2.20. The van der Waals surface area contributed by atoms with Crippen LogP contribution in [0.1, 0.15) is 11.7 Å². The maximum Gasteiger partial charge on any atom is 0.323 e. The van der Waals surface area contributed by atoms with Crippen molar-refractivity contribution in [1.82, 2.24) is 0 Å². The van der Waals surface area contributed by atoms with Crippen molar-refractivity contribution in [3.05, 3.63) is 17.7 Å². The standard InChI is InChI=1S/C10H13NO6/c1-17-9(8(11)10(15)16)4-2-6(13)7(14)3-5(4)12/h2-3,8-9,12-14H,11H2,1H3,(H,15,16). The molecule has 0 heterocycles. The maximum absolute atomic E-state index is 10.7. The number of phenolic OH excluding ortho intramolecular Hbond substituents is 3. The molecule has 7 heteroatoms.